The molecule has 0 unspecified atom stereocenters. The van der Waals surface area contributed by atoms with Gasteiger partial charge in [0.05, 0.1) is 12.0 Å². The molecule has 3 aromatic rings. The summed E-state index contributed by atoms with van der Waals surface area (Å²) >= 11 is 0. The first kappa shape index (κ1) is 11.4. The maximum atomic E-state index is 12.5. The van der Waals surface area contributed by atoms with Crippen LogP contribution in [0.5, 0.6) is 0 Å². The van der Waals surface area contributed by atoms with Crippen LogP contribution < -0.4 is 0 Å². The quantitative estimate of drug-likeness (QED) is 0.667. The van der Waals surface area contributed by atoms with Gasteiger partial charge < -0.3 is 4.57 Å². The van der Waals surface area contributed by atoms with Gasteiger partial charge in [0.1, 0.15) is 0 Å². The molecule has 1 aromatic heterocycles. The standard InChI is InChI=1S/C16H12N2O/c19-16(13-6-2-1-3-7-13)14-8-4-5-9-15(14)18-11-10-17-12-18/h1-12H. The van der Waals surface area contributed by atoms with Gasteiger partial charge in [-0.15, -0.1) is 0 Å². The van der Waals surface area contributed by atoms with Crippen LogP contribution >= 0.6 is 0 Å². The molecule has 0 radical (unpaired) electrons. The molecular weight excluding hydrogens is 236 g/mol. The van der Waals surface area contributed by atoms with Crippen LogP contribution in [0, 0.1) is 0 Å². The molecular formula is C16H12N2O. The van der Waals surface area contributed by atoms with Crippen molar-refractivity contribution >= 4 is 5.78 Å². The molecule has 0 aliphatic heterocycles. The minimum absolute atomic E-state index is 0.0184. The van der Waals surface area contributed by atoms with Gasteiger partial charge in [-0.2, -0.15) is 0 Å². The molecule has 0 amide bonds. The number of hydrogen-bond donors (Lipinski definition) is 0. The van der Waals surface area contributed by atoms with Crippen molar-refractivity contribution in [3.05, 3.63) is 84.4 Å². The summed E-state index contributed by atoms with van der Waals surface area (Å²) < 4.78 is 1.84. The van der Waals surface area contributed by atoms with E-state index >= 15 is 0 Å². The van der Waals surface area contributed by atoms with E-state index in [4.69, 9.17) is 0 Å². The fraction of sp³-hybridized carbons (Fsp3) is 0. The first-order chi connectivity index (χ1) is 9.36. The third-order valence-electron chi connectivity index (χ3n) is 2.97. The van der Waals surface area contributed by atoms with Crippen LogP contribution in [0.1, 0.15) is 15.9 Å². The van der Waals surface area contributed by atoms with Gasteiger partial charge in [0.2, 0.25) is 0 Å². The Morgan fingerprint density at radius 2 is 1.68 bits per heavy atom. The van der Waals surface area contributed by atoms with Crippen LogP contribution in [0.25, 0.3) is 5.69 Å². The van der Waals surface area contributed by atoms with Crippen molar-refractivity contribution in [3.63, 3.8) is 0 Å². The average molecular weight is 248 g/mol. The summed E-state index contributed by atoms with van der Waals surface area (Å²) in [5, 5.41) is 0. The second-order valence-corrected chi connectivity index (χ2v) is 4.18. The number of para-hydroxylation sites is 1. The molecule has 0 saturated carbocycles. The van der Waals surface area contributed by atoms with Gasteiger partial charge in [-0.25, -0.2) is 4.98 Å². The summed E-state index contributed by atoms with van der Waals surface area (Å²) in [4.78, 5) is 16.6. The molecule has 3 rings (SSSR count). The predicted octanol–water partition coefficient (Wildman–Crippen LogP) is 3.10. The molecule has 0 atom stereocenters. The van der Waals surface area contributed by atoms with Crippen molar-refractivity contribution in [3.8, 4) is 5.69 Å². The lowest BCUT2D eigenvalue weighted by molar-refractivity contribution is 0.103. The van der Waals surface area contributed by atoms with Crippen LogP contribution in [0.3, 0.4) is 0 Å². The Balaban J connectivity index is 2.09. The molecule has 2 aromatic carbocycles. The highest BCUT2D eigenvalue weighted by molar-refractivity contribution is 6.11. The van der Waals surface area contributed by atoms with Crippen molar-refractivity contribution in [1.29, 1.82) is 0 Å². The highest BCUT2D eigenvalue weighted by Crippen LogP contribution is 2.18. The highest BCUT2D eigenvalue weighted by Gasteiger charge is 2.13. The lowest BCUT2D eigenvalue weighted by Crippen LogP contribution is -2.06. The average Bonchev–Trinajstić information content (AvgIpc) is 3.01. The molecule has 1 heterocycles. The molecule has 92 valence electrons. The van der Waals surface area contributed by atoms with E-state index in [1.807, 2.05) is 65.4 Å². The minimum atomic E-state index is 0.0184. The van der Waals surface area contributed by atoms with Crippen molar-refractivity contribution in [2.45, 2.75) is 0 Å². The molecule has 0 aliphatic rings. The van der Waals surface area contributed by atoms with Gasteiger partial charge in [-0.1, -0.05) is 42.5 Å². The number of rotatable bonds is 3. The second kappa shape index (κ2) is 4.90. The zero-order chi connectivity index (χ0) is 13.1. The second-order valence-electron chi connectivity index (χ2n) is 4.18. The van der Waals surface area contributed by atoms with E-state index in [0.29, 0.717) is 11.1 Å². The van der Waals surface area contributed by atoms with Crippen LogP contribution in [0.15, 0.2) is 73.3 Å². The Bertz CT molecular complexity index is 688. The highest BCUT2D eigenvalue weighted by atomic mass is 16.1. The van der Waals surface area contributed by atoms with Crippen LogP contribution in [0.2, 0.25) is 0 Å². The molecule has 19 heavy (non-hydrogen) atoms. The number of nitrogens with zero attached hydrogens (tertiary/aromatic N) is 2. The van der Waals surface area contributed by atoms with Gasteiger partial charge in [0.25, 0.3) is 0 Å². The van der Waals surface area contributed by atoms with Gasteiger partial charge >= 0.3 is 0 Å². The van der Waals surface area contributed by atoms with Crippen LogP contribution in [0.4, 0.5) is 0 Å². The van der Waals surface area contributed by atoms with Gasteiger partial charge in [0, 0.05) is 23.5 Å². The number of aromatic nitrogens is 2. The third-order valence-corrected chi connectivity index (χ3v) is 2.97. The molecule has 0 spiro atoms. The lowest BCUT2D eigenvalue weighted by atomic mass is 10.0. The van der Waals surface area contributed by atoms with E-state index in [2.05, 4.69) is 4.98 Å². The zero-order valence-corrected chi connectivity index (χ0v) is 10.2. The van der Waals surface area contributed by atoms with E-state index in [9.17, 15) is 4.79 Å². The predicted molar refractivity (Wildman–Crippen MR) is 73.4 cm³/mol. The van der Waals surface area contributed by atoms with Crippen LogP contribution in [-0.2, 0) is 0 Å². The summed E-state index contributed by atoms with van der Waals surface area (Å²) in [5.74, 6) is 0.0184. The van der Waals surface area contributed by atoms with E-state index in [1.54, 1.807) is 12.5 Å². The molecule has 0 N–H and O–H groups in total. The fourth-order valence-electron chi connectivity index (χ4n) is 2.04. The van der Waals surface area contributed by atoms with Gasteiger partial charge in [-0.05, 0) is 12.1 Å². The zero-order valence-electron chi connectivity index (χ0n) is 10.2. The Hall–Kier alpha value is -2.68. The monoisotopic (exact) mass is 248 g/mol. The molecule has 0 bridgehead atoms. The summed E-state index contributed by atoms with van der Waals surface area (Å²) in [6, 6.07) is 16.8. The number of benzene rings is 2. The molecule has 3 heteroatoms. The summed E-state index contributed by atoms with van der Waals surface area (Å²) in [6.07, 6.45) is 5.22. The van der Waals surface area contributed by atoms with E-state index in [-0.39, 0.29) is 5.78 Å². The summed E-state index contributed by atoms with van der Waals surface area (Å²) in [5.41, 5.74) is 2.20. The van der Waals surface area contributed by atoms with Gasteiger partial charge in [-0.3, -0.25) is 4.79 Å². The Labute approximate surface area is 111 Å². The first-order valence-electron chi connectivity index (χ1n) is 6.03. The Morgan fingerprint density at radius 3 is 2.42 bits per heavy atom. The van der Waals surface area contributed by atoms with Crippen molar-refractivity contribution < 1.29 is 4.79 Å². The summed E-state index contributed by atoms with van der Waals surface area (Å²) in [7, 11) is 0. The largest absolute Gasteiger partial charge is 0.306 e. The molecule has 3 nitrogen and oxygen atoms in total. The van der Waals surface area contributed by atoms with Crippen LogP contribution in [-0.4, -0.2) is 15.3 Å². The van der Waals surface area contributed by atoms with Crippen molar-refractivity contribution in [2.24, 2.45) is 0 Å². The number of imidazole rings is 1. The number of carbonyl (C=O) groups is 1. The maximum absolute atomic E-state index is 12.5. The minimum Gasteiger partial charge on any atom is -0.306 e. The molecule has 0 saturated heterocycles. The number of hydrogen-bond acceptors (Lipinski definition) is 2. The first-order valence-corrected chi connectivity index (χ1v) is 6.03. The molecule has 0 fully saturated rings. The number of ketones is 1. The van der Waals surface area contributed by atoms with Gasteiger partial charge in [0.15, 0.2) is 5.78 Å². The SMILES string of the molecule is O=C(c1ccccc1)c1ccccc1-n1ccnc1. The smallest absolute Gasteiger partial charge is 0.195 e. The van der Waals surface area contributed by atoms with Crippen molar-refractivity contribution in [1.82, 2.24) is 9.55 Å². The van der Waals surface area contributed by atoms with E-state index < -0.39 is 0 Å². The van der Waals surface area contributed by atoms with Crippen molar-refractivity contribution in [2.75, 3.05) is 0 Å². The Kier molecular flexibility index (Phi) is 2.94. The van der Waals surface area contributed by atoms with E-state index in [0.717, 1.165) is 5.69 Å². The number of carbonyl (C=O) groups excluding carboxylic acids is 1. The van der Waals surface area contributed by atoms with E-state index in [1.165, 1.54) is 0 Å². The lowest BCUT2D eigenvalue weighted by Gasteiger charge is -2.09. The topological polar surface area (TPSA) is 34.9 Å². The normalized spacial score (nSPS) is 10.3. The fourth-order valence-corrected chi connectivity index (χ4v) is 2.04. The Morgan fingerprint density at radius 1 is 0.947 bits per heavy atom. The third kappa shape index (κ3) is 2.18. The molecule has 0 aliphatic carbocycles. The summed E-state index contributed by atoms with van der Waals surface area (Å²) in [6.45, 7) is 0. The maximum Gasteiger partial charge on any atom is 0.195 e.